The van der Waals surface area contributed by atoms with Crippen LogP contribution in [0.1, 0.15) is 123 Å². The molecule has 42 heavy (non-hydrogen) atoms. The number of ether oxygens (including phenoxy) is 2. The number of fused-ring (bicyclic) bond motifs is 1. The van der Waals surface area contributed by atoms with Gasteiger partial charge in [0.2, 0.25) is 0 Å². The molecular weight excluding hydrogens is 520 g/mol. The Kier molecular flexibility index (Phi) is 12.6. The van der Waals surface area contributed by atoms with Crippen LogP contribution in [0.2, 0.25) is 0 Å². The molecule has 1 unspecified atom stereocenters. The topological polar surface area (TPSA) is 52.6 Å². The number of hydrogen-bond donors (Lipinski definition) is 0. The zero-order valence-electron chi connectivity index (χ0n) is 29.3. The molecule has 2 aromatic rings. The Labute approximate surface area is 257 Å². The van der Waals surface area contributed by atoms with Crippen LogP contribution in [0.15, 0.2) is 42.5 Å². The zero-order chi connectivity index (χ0) is 32.8. The molecule has 1 heterocycles. The summed E-state index contributed by atoms with van der Waals surface area (Å²) in [6.07, 6.45) is 0.939. The van der Waals surface area contributed by atoms with Gasteiger partial charge in [-0.15, -0.1) is 0 Å². The van der Waals surface area contributed by atoms with Gasteiger partial charge in [0.25, 0.3) is 0 Å². The molecule has 0 fully saturated rings. The van der Waals surface area contributed by atoms with Crippen molar-refractivity contribution in [2.24, 2.45) is 11.3 Å². The summed E-state index contributed by atoms with van der Waals surface area (Å²) in [6.45, 7) is 35.0. The molecule has 1 aliphatic rings. The fourth-order valence-electron chi connectivity index (χ4n) is 4.27. The highest BCUT2D eigenvalue weighted by molar-refractivity contribution is 5.96. The first-order valence-electron chi connectivity index (χ1n) is 15.2. The third-order valence-corrected chi connectivity index (χ3v) is 8.45. The number of allylic oxidation sites excluding steroid dienone is 1. The lowest BCUT2D eigenvalue weighted by molar-refractivity contribution is -0.136. The lowest BCUT2D eigenvalue weighted by Gasteiger charge is -2.30. The predicted molar refractivity (Wildman–Crippen MR) is 178 cm³/mol. The van der Waals surface area contributed by atoms with Gasteiger partial charge in [-0.25, -0.2) is 0 Å². The monoisotopic (exact) mass is 578 g/mol. The maximum absolute atomic E-state index is 13.7. The molecule has 234 valence electrons. The van der Waals surface area contributed by atoms with Crippen LogP contribution in [-0.4, -0.2) is 26.0 Å². The molecule has 0 spiro atoms. The summed E-state index contributed by atoms with van der Waals surface area (Å²) in [6, 6.07) is 10.3. The number of aryl methyl sites for hydroxylation is 2. The maximum atomic E-state index is 13.7. The molecule has 0 saturated carbocycles. The van der Waals surface area contributed by atoms with Crippen LogP contribution in [0.25, 0.3) is 0 Å². The minimum Gasteiger partial charge on any atom is -0.425 e. The van der Waals surface area contributed by atoms with Gasteiger partial charge in [0, 0.05) is 24.8 Å². The van der Waals surface area contributed by atoms with E-state index in [2.05, 4.69) is 99.6 Å². The molecule has 2 aromatic carbocycles. The lowest BCUT2D eigenvalue weighted by atomic mass is 9.68. The third-order valence-electron chi connectivity index (χ3n) is 8.45. The Balaban J connectivity index is 0.000000683. The summed E-state index contributed by atoms with van der Waals surface area (Å²) in [7, 11) is 1.68. The van der Waals surface area contributed by atoms with E-state index in [4.69, 9.17) is 4.74 Å². The molecule has 0 aliphatic carbocycles. The maximum Gasteiger partial charge on any atom is 0.326 e. The van der Waals surface area contributed by atoms with E-state index in [1.165, 1.54) is 0 Å². The summed E-state index contributed by atoms with van der Waals surface area (Å²) in [5, 5.41) is 0. The van der Waals surface area contributed by atoms with Crippen LogP contribution >= 0.6 is 0 Å². The molecule has 0 bridgehead atoms. The summed E-state index contributed by atoms with van der Waals surface area (Å²) >= 11 is 0. The van der Waals surface area contributed by atoms with Crippen LogP contribution in [0.5, 0.6) is 5.75 Å². The fourth-order valence-corrected chi connectivity index (χ4v) is 4.27. The van der Waals surface area contributed by atoms with E-state index in [0.29, 0.717) is 16.7 Å². The quantitative estimate of drug-likeness (QED) is 0.153. The van der Waals surface area contributed by atoms with E-state index in [1.54, 1.807) is 7.11 Å². The number of benzene rings is 2. The number of carbonyl (C=O) groups is 2. The molecule has 4 heteroatoms. The van der Waals surface area contributed by atoms with E-state index in [9.17, 15) is 9.59 Å². The van der Waals surface area contributed by atoms with Crippen molar-refractivity contribution in [1.29, 1.82) is 0 Å². The summed E-state index contributed by atoms with van der Waals surface area (Å²) in [5.74, 6) is 1.08. The van der Waals surface area contributed by atoms with Crippen molar-refractivity contribution in [2.75, 3.05) is 13.7 Å². The van der Waals surface area contributed by atoms with Gasteiger partial charge >= 0.3 is 5.97 Å². The van der Waals surface area contributed by atoms with Gasteiger partial charge in [-0.1, -0.05) is 113 Å². The molecule has 0 saturated heterocycles. The number of aldehydes is 1. The fraction of sp³-hybridized carbons (Fsp3) is 0.579. The lowest BCUT2D eigenvalue weighted by Crippen LogP contribution is -2.36. The summed E-state index contributed by atoms with van der Waals surface area (Å²) in [5.41, 5.74) is 5.52. The molecule has 0 aromatic heterocycles. The van der Waals surface area contributed by atoms with Crippen molar-refractivity contribution in [2.45, 2.75) is 120 Å². The van der Waals surface area contributed by atoms with Crippen molar-refractivity contribution in [3.8, 4) is 5.75 Å². The van der Waals surface area contributed by atoms with E-state index in [0.717, 1.165) is 52.2 Å². The van der Waals surface area contributed by atoms with Crippen molar-refractivity contribution < 1.29 is 19.1 Å². The Hall–Kier alpha value is -2.72. The average Bonchev–Trinajstić information content (AvgIpc) is 3.15. The standard InChI is InChI=1S/C28H34O3.C7H16.C3H8O/c1-17(16-29)15-28(20-11-10-18(2)19(3)12-20)23-14-21(26(4,5)6)13-22(27(7,8)9)24(23)31-25(28)30;1-6(2)7(3,4)5;1-3-4-2/h10-14,16H,1,15H2,2-9H3;6H,1-5H3;3H2,1-2H3. The van der Waals surface area contributed by atoms with Gasteiger partial charge in [0.1, 0.15) is 17.5 Å². The second kappa shape index (κ2) is 14.2. The van der Waals surface area contributed by atoms with Gasteiger partial charge < -0.3 is 9.47 Å². The minimum absolute atomic E-state index is 0.114. The van der Waals surface area contributed by atoms with Crippen LogP contribution in [0.4, 0.5) is 0 Å². The first-order valence-corrected chi connectivity index (χ1v) is 15.2. The number of carbonyl (C=O) groups excluding carboxylic acids is 2. The SMILES string of the molecule is C=C(C=O)CC1(c2ccc(C)c(C)c2)C(=O)Oc2c(C(C)(C)C)cc(C(C)(C)C)cc21.CC(C)C(C)(C)C.CCOC. The smallest absolute Gasteiger partial charge is 0.326 e. The van der Waals surface area contributed by atoms with E-state index in [-0.39, 0.29) is 23.2 Å². The highest BCUT2D eigenvalue weighted by atomic mass is 16.5. The molecule has 1 atom stereocenters. The Morgan fingerprint density at radius 2 is 1.48 bits per heavy atom. The van der Waals surface area contributed by atoms with Gasteiger partial charge in [-0.2, -0.15) is 0 Å². The Morgan fingerprint density at radius 1 is 0.952 bits per heavy atom. The van der Waals surface area contributed by atoms with Crippen molar-refractivity contribution >= 4 is 12.3 Å². The first kappa shape index (κ1) is 37.3. The van der Waals surface area contributed by atoms with Gasteiger partial charge in [-0.3, -0.25) is 9.59 Å². The Morgan fingerprint density at radius 3 is 1.86 bits per heavy atom. The number of methoxy groups -OCH3 is 1. The number of rotatable bonds is 5. The molecule has 1 aliphatic heterocycles. The number of esters is 1. The van der Waals surface area contributed by atoms with Gasteiger partial charge in [0.15, 0.2) is 0 Å². The predicted octanol–water partition coefficient (Wildman–Crippen LogP) is 9.59. The molecule has 0 radical (unpaired) electrons. The van der Waals surface area contributed by atoms with Crippen LogP contribution < -0.4 is 4.74 Å². The summed E-state index contributed by atoms with van der Waals surface area (Å²) in [4.78, 5) is 25.3. The van der Waals surface area contributed by atoms with Gasteiger partial charge in [0.05, 0.1) is 0 Å². The second-order valence-electron chi connectivity index (χ2n) is 15.0. The first-order chi connectivity index (χ1) is 19.1. The second-order valence-corrected chi connectivity index (χ2v) is 15.0. The van der Waals surface area contributed by atoms with E-state index >= 15 is 0 Å². The molecule has 4 nitrogen and oxygen atoms in total. The van der Waals surface area contributed by atoms with Gasteiger partial charge in [-0.05, 0) is 77.2 Å². The number of hydrogen-bond acceptors (Lipinski definition) is 4. The molecule has 3 rings (SSSR count). The zero-order valence-corrected chi connectivity index (χ0v) is 29.3. The van der Waals surface area contributed by atoms with Crippen molar-refractivity contribution in [3.05, 3.63) is 75.9 Å². The van der Waals surface area contributed by atoms with E-state index < -0.39 is 5.41 Å². The van der Waals surface area contributed by atoms with Crippen molar-refractivity contribution in [1.82, 2.24) is 0 Å². The third kappa shape index (κ3) is 8.89. The normalized spacial score (nSPS) is 16.5. The largest absolute Gasteiger partial charge is 0.425 e. The molecule has 0 amide bonds. The Bertz CT molecular complexity index is 1240. The highest BCUT2D eigenvalue weighted by Crippen LogP contribution is 2.52. The van der Waals surface area contributed by atoms with Crippen LogP contribution in [0, 0.1) is 25.2 Å². The molecular formula is C38H58O4. The average molecular weight is 579 g/mol. The van der Waals surface area contributed by atoms with Crippen LogP contribution in [-0.2, 0) is 30.6 Å². The minimum atomic E-state index is -1.09. The highest BCUT2D eigenvalue weighted by Gasteiger charge is 2.52. The van der Waals surface area contributed by atoms with Crippen molar-refractivity contribution in [3.63, 3.8) is 0 Å². The summed E-state index contributed by atoms with van der Waals surface area (Å²) < 4.78 is 10.6. The molecule has 0 N–H and O–H groups in total. The van der Waals surface area contributed by atoms with E-state index in [1.807, 2.05) is 39.0 Å². The van der Waals surface area contributed by atoms with Crippen LogP contribution in [0.3, 0.4) is 0 Å².